The third-order valence-electron chi connectivity index (χ3n) is 3.80. The third kappa shape index (κ3) is 6.77. The fourth-order valence-corrected chi connectivity index (χ4v) is 2.72. The number of ether oxygens (including phenoxy) is 1. The van der Waals surface area contributed by atoms with Crippen molar-refractivity contribution in [3.63, 3.8) is 0 Å². The number of carbonyl (C=O) groups excluding carboxylic acids is 1. The minimum Gasteiger partial charge on any atom is -0.409 e. The second-order valence-corrected chi connectivity index (χ2v) is 5.87. The Balaban J connectivity index is 0.00000484. The minimum absolute atomic E-state index is 0. The van der Waals surface area contributed by atoms with Gasteiger partial charge in [-0.1, -0.05) is 26.0 Å². The van der Waals surface area contributed by atoms with Gasteiger partial charge >= 0.3 is 6.09 Å². The van der Waals surface area contributed by atoms with Crippen LogP contribution in [0.3, 0.4) is 0 Å². The monoisotopic (exact) mass is 344 g/mol. The number of amides is 1. The predicted molar refractivity (Wildman–Crippen MR) is 95.2 cm³/mol. The van der Waals surface area contributed by atoms with Crippen LogP contribution in [0.4, 0.5) is 4.79 Å². The van der Waals surface area contributed by atoms with Gasteiger partial charge in [0.2, 0.25) is 0 Å². The molecule has 0 unspecified atom stereocenters. The Labute approximate surface area is 145 Å². The molecule has 0 aliphatic carbocycles. The molecule has 1 amide bonds. The van der Waals surface area contributed by atoms with Crippen molar-refractivity contribution in [1.82, 2.24) is 9.96 Å². The summed E-state index contributed by atoms with van der Waals surface area (Å²) in [7, 11) is 7.11. The van der Waals surface area contributed by atoms with E-state index in [9.17, 15) is 4.79 Å². The number of rotatable bonds is 7. The zero-order valence-electron chi connectivity index (χ0n) is 14.9. The molecule has 0 saturated heterocycles. The van der Waals surface area contributed by atoms with Gasteiger partial charge in [-0.05, 0) is 50.0 Å². The first-order valence-electron chi connectivity index (χ1n) is 7.63. The van der Waals surface area contributed by atoms with E-state index < -0.39 is 6.09 Å². The van der Waals surface area contributed by atoms with Gasteiger partial charge in [-0.3, -0.25) is 4.84 Å². The molecular weight excluding hydrogens is 316 g/mol. The number of halogens is 1. The van der Waals surface area contributed by atoms with E-state index in [1.165, 1.54) is 19.7 Å². The van der Waals surface area contributed by atoms with Crippen molar-refractivity contribution < 1.29 is 14.4 Å². The lowest BCUT2D eigenvalue weighted by Gasteiger charge is -2.26. The first kappa shape index (κ1) is 21.7. The Hall–Kier alpha value is -1.30. The van der Waals surface area contributed by atoms with Gasteiger partial charge in [0.25, 0.3) is 0 Å². The molecule has 0 spiro atoms. The SMILES string of the molecule is CC[C@@H](c1cccc(OC(=O)N(C)OC)c1)[C@@H](C)CN(C)C.Cl. The highest BCUT2D eigenvalue weighted by molar-refractivity contribution is 5.85. The molecule has 5 nitrogen and oxygen atoms in total. The summed E-state index contributed by atoms with van der Waals surface area (Å²) in [5.74, 6) is 1.50. The van der Waals surface area contributed by atoms with Crippen LogP contribution in [0.25, 0.3) is 0 Å². The van der Waals surface area contributed by atoms with Gasteiger partial charge in [0.15, 0.2) is 0 Å². The average molecular weight is 345 g/mol. The van der Waals surface area contributed by atoms with Crippen LogP contribution < -0.4 is 4.74 Å². The molecule has 0 radical (unpaired) electrons. The first-order chi connectivity index (χ1) is 10.4. The summed E-state index contributed by atoms with van der Waals surface area (Å²) in [6, 6.07) is 7.75. The molecule has 0 bridgehead atoms. The van der Waals surface area contributed by atoms with E-state index >= 15 is 0 Å². The molecule has 0 N–H and O–H groups in total. The Morgan fingerprint density at radius 2 is 1.91 bits per heavy atom. The van der Waals surface area contributed by atoms with Gasteiger partial charge in [0.05, 0.1) is 7.11 Å². The standard InChI is InChI=1S/C17H28N2O3.ClH/c1-7-16(13(2)12-18(3)4)14-9-8-10-15(11-14)22-17(20)19(5)21-6;/h8-11,13,16H,7,12H2,1-6H3;1H/t13-,16+;/m0./s1. The van der Waals surface area contributed by atoms with Gasteiger partial charge in [0, 0.05) is 13.6 Å². The van der Waals surface area contributed by atoms with Crippen LogP contribution in [0.15, 0.2) is 24.3 Å². The van der Waals surface area contributed by atoms with E-state index in [2.05, 4.69) is 38.9 Å². The third-order valence-corrected chi connectivity index (χ3v) is 3.80. The van der Waals surface area contributed by atoms with Crippen LogP contribution in [0.2, 0.25) is 0 Å². The number of benzene rings is 1. The maximum absolute atomic E-state index is 11.7. The van der Waals surface area contributed by atoms with Crippen LogP contribution in [-0.4, -0.2) is 50.9 Å². The van der Waals surface area contributed by atoms with Crippen LogP contribution >= 0.6 is 12.4 Å². The fraction of sp³-hybridized carbons (Fsp3) is 0.588. The first-order valence-corrected chi connectivity index (χ1v) is 7.63. The quantitative estimate of drug-likeness (QED) is 0.706. The molecule has 0 aliphatic heterocycles. The van der Waals surface area contributed by atoms with E-state index in [1.54, 1.807) is 6.07 Å². The number of nitrogens with zero attached hydrogens (tertiary/aromatic N) is 2. The molecule has 0 aromatic heterocycles. The molecule has 0 saturated carbocycles. The largest absolute Gasteiger partial charge is 0.439 e. The van der Waals surface area contributed by atoms with Crippen LogP contribution in [-0.2, 0) is 4.84 Å². The maximum Gasteiger partial charge on any atom is 0.439 e. The highest BCUT2D eigenvalue weighted by atomic mass is 35.5. The van der Waals surface area contributed by atoms with Gasteiger partial charge in [0.1, 0.15) is 5.75 Å². The van der Waals surface area contributed by atoms with Crippen molar-refractivity contribution in [1.29, 1.82) is 0 Å². The number of hydrogen-bond donors (Lipinski definition) is 0. The van der Waals surface area contributed by atoms with Crippen molar-refractivity contribution in [3.05, 3.63) is 29.8 Å². The zero-order chi connectivity index (χ0) is 16.7. The summed E-state index contributed by atoms with van der Waals surface area (Å²) in [5, 5.41) is 1.05. The van der Waals surface area contributed by atoms with Crippen LogP contribution in [0.1, 0.15) is 31.7 Å². The summed E-state index contributed by atoms with van der Waals surface area (Å²) in [4.78, 5) is 18.8. The number of hydroxylamine groups is 2. The lowest BCUT2D eigenvalue weighted by Crippen LogP contribution is -2.28. The summed E-state index contributed by atoms with van der Waals surface area (Å²) in [5.41, 5.74) is 1.20. The molecule has 132 valence electrons. The number of carbonyl (C=O) groups is 1. The topological polar surface area (TPSA) is 42.0 Å². The minimum atomic E-state index is -0.533. The van der Waals surface area contributed by atoms with Crippen molar-refractivity contribution in [2.45, 2.75) is 26.2 Å². The Bertz CT molecular complexity index is 483. The zero-order valence-corrected chi connectivity index (χ0v) is 15.7. The average Bonchev–Trinajstić information content (AvgIpc) is 2.46. The second-order valence-electron chi connectivity index (χ2n) is 5.87. The number of hydrogen-bond acceptors (Lipinski definition) is 4. The van der Waals surface area contributed by atoms with E-state index in [0.717, 1.165) is 18.0 Å². The fourth-order valence-electron chi connectivity index (χ4n) is 2.72. The summed E-state index contributed by atoms with van der Waals surface area (Å²) >= 11 is 0. The highest BCUT2D eigenvalue weighted by Gasteiger charge is 2.19. The van der Waals surface area contributed by atoms with E-state index in [4.69, 9.17) is 9.57 Å². The van der Waals surface area contributed by atoms with E-state index in [0.29, 0.717) is 17.6 Å². The van der Waals surface area contributed by atoms with Crippen molar-refractivity contribution in [2.24, 2.45) is 5.92 Å². The molecule has 1 aromatic carbocycles. The lowest BCUT2D eigenvalue weighted by molar-refractivity contribution is -0.0790. The van der Waals surface area contributed by atoms with Crippen molar-refractivity contribution in [3.8, 4) is 5.75 Å². The molecule has 23 heavy (non-hydrogen) atoms. The molecule has 1 rings (SSSR count). The van der Waals surface area contributed by atoms with Gasteiger partial charge in [-0.25, -0.2) is 4.79 Å². The van der Waals surface area contributed by atoms with Crippen LogP contribution in [0.5, 0.6) is 5.75 Å². The highest BCUT2D eigenvalue weighted by Crippen LogP contribution is 2.30. The molecule has 0 heterocycles. The molecule has 6 heteroatoms. The summed E-state index contributed by atoms with van der Waals surface area (Å²) in [6.45, 7) is 5.47. The van der Waals surface area contributed by atoms with Crippen LogP contribution in [0, 0.1) is 5.92 Å². The maximum atomic E-state index is 11.7. The lowest BCUT2D eigenvalue weighted by atomic mass is 9.85. The van der Waals surface area contributed by atoms with Crippen molar-refractivity contribution in [2.75, 3.05) is 34.8 Å². The smallest absolute Gasteiger partial charge is 0.409 e. The molecule has 2 atom stereocenters. The summed E-state index contributed by atoms with van der Waals surface area (Å²) < 4.78 is 5.31. The molecular formula is C17H29ClN2O3. The predicted octanol–water partition coefficient (Wildman–Crippen LogP) is 3.79. The summed E-state index contributed by atoms with van der Waals surface area (Å²) in [6.07, 6.45) is 0.513. The van der Waals surface area contributed by atoms with Crippen molar-refractivity contribution >= 4 is 18.5 Å². The molecule has 1 aromatic rings. The van der Waals surface area contributed by atoms with Gasteiger partial charge in [-0.15, -0.1) is 12.4 Å². The Kier molecular flexibility index (Phi) is 9.88. The molecule has 0 aliphatic rings. The Morgan fingerprint density at radius 3 is 2.43 bits per heavy atom. The van der Waals surface area contributed by atoms with E-state index in [-0.39, 0.29) is 12.4 Å². The van der Waals surface area contributed by atoms with E-state index in [1.807, 2.05) is 12.1 Å². The van der Waals surface area contributed by atoms with Gasteiger partial charge < -0.3 is 9.64 Å². The normalized spacial score (nSPS) is 13.2. The molecule has 0 fully saturated rings. The van der Waals surface area contributed by atoms with Gasteiger partial charge in [-0.2, -0.15) is 5.06 Å². The second kappa shape index (κ2) is 10.5. The Morgan fingerprint density at radius 1 is 1.26 bits per heavy atom.